The molecule has 0 spiro atoms. The van der Waals surface area contributed by atoms with Gasteiger partial charge in [-0.1, -0.05) is 41.6 Å². The third-order valence-corrected chi connectivity index (χ3v) is 4.40. The lowest BCUT2D eigenvalue weighted by Gasteiger charge is -2.17. The van der Waals surface area contributed by atoms with E-state index >= 15 is 0 Å². The van der Waals surface area contributed by atoms with Crippen molar-refractivity contribution in [3.8, 4) is 0 Å². The second-order valence-corrected chi connectivity index (χ2v) is 5.97. The van der Waals surface area contributed by atoms with Crippen LogP contribution in [0.25, 0.3) is 0 Å². The van der Waals surface area contributed by atoms with E-state index in [1.54, 1.807) is 0 Å². The molecular weight excluding hydrogens is 268 g/mol. The van der Waals surface area contributed by atoms with Crippen LogP contribution in [-0.2, 0) is 12.8 Å². The smallest absolute Gasteiger partial charge is 0.0804 e. The molecule has 0 bridgehead atoms. The summed E-state index contributed by atoms with van der Waals surface area (Å²) in [6.45, 7) is 6.41. The lowest BCUT2D eigenvalue weighted by atomic mass is 9.97. The minimum Gasteiger partial charge on any atom is -0.271 e. The summed E-state index contributed by atoms with van der Waals surface area (Å²) in [6, 6.07) is 6.61. The summed E-state index contributed by atoms with van der Waals surface area (Å²) >= 11 is 1.45. The summed E-state index contributed by atoms with van der Waals surface area (Å²) < 4.78 is 4.09. The van der Waals surface area contributed by atoms with Gasteiger partial charge in [-0.25, -0.2) is 0 Å². The number of nitrogens with two attached hydrogens (primary N) is 1. The first-order valence-electron chi connectivity index (χ1n) is 6.99. The Morgan fingerprint density at radius 3 is 2.85 bits per heavy atom. The molecule has 3 N–H and O–H groups in total. The van der Waals surface area contributed by atoms with Crippen molar-refractivity contribution >= 4 is 11.5 Å². The van der Waals surface area contributed by atoms with Crippen molar-refractivity contribution in [2.24, 2.45) is 5.84 Å². The summed E-state index contributed by atoms with van der Waals surface area (Å²) in [6.07, 6.45) is 2.89. The van der Waals surface area contributed by atoms with Crippen molar-refractivity contribution in [3.63, 3.8) is 0 Å². The third kappa shape index (κ3) is 3.42. The van der Waals surface area contributed by atoms with E-state index in [4.69, 9.17) is 5.84 Å². The van der Waals surface area contributed by atoms with Gasteiger partial charge in [-0.3, -0.25) is 11.3 Å². The fourth-order valence-corrected chi connectivity index (χ4v) is 3.11. The van der Waals surface area contributed by atoms with Gasteiger partial charge in [0.2, 0.25) is 0 Å². The van der Waals surface area contributed by atoms with E-state index in [1.807, 2.05) is 0 Å². The van der Waals surface area contributed by atoms with Gasteiger partial charge in [0.15, 0.2) is 0 Å². The molecule has 0 aliphatic carbocycles. The highest BCUT2D eigenvalue weighted by atomic mass is 32.1. The van der Waals surface area contributed by atoms with Crippen LogP contribution in [0.1, 0.15) is 46.6 Å². The van der Waals surface area contributed by atoms with Crippen LogP contribution >= 0.6 is 11.5 Å². The Hall–Kier alpha value is -1.30. The van der Waals surface area contributed by atoms with Crippen molar-refractivity contribution in [1.82, 2.24) is 15.0 Å². The minimum atomic E-state index is 0.0806. The van der Waals surface area contributed by atoms with Crippen LogP contribution in [0.4, 0.5) is 0 Å². The van der Waals surface area contributed by atoms with E-state index < -0.39 is 0 Å². The van der Waals surface area contributed by atoms with Crippen LogP contribution in [0.5, 0.6) is 0 Å². The van der Waals surface area contributed by atoms with E-state index in [0.29, 0.717) is 0 Å². The van der Waals surface area contributed by atoms with Crippen LogP contribution in [0.2, 0.25) is 0 Å². The molecule has 0 aliphatic heterocycles. The maximum Gasteiger partial charge on any atom is 0.0804 e. The average molecular weight is 290 g/mol. The molecule has 0 radical (unpaired) electrons. The molecule has 1 atom stereocenters. The lowest BCUT2D eigenvalue weighted by molar-refractivity contribution is 0.552. The first-order chi connectivity index (χ1) is 9.65. The van der Waals surface area contributed by atoms with Crippen LogP contribution < -0.4 is 11.3 Å². The molecule has 20 heavy (non-hydrogen) atoms. The monoisotopic (exact) mass is 290 g/mol. The van der Waals surface area contributed by atoms with Gasteiger partial charge in [-0.05, 0) is 49.3 Å². The Morgan fingerprint density at radius 2 is 2.15 bits per heavy atom. The van der Waals surface area contributed by atoms with Gasteiger partial charge in [0.1, 0.15) is 0 Å². The predicted molar refractivity (Wildman–Crippen MR) is 83.6 cm³/mol. The molecule has 1 unspecified atom stereocenters. The zero-order valence-corrected chi connectivity index (χ0v) is 13.1. The van der Waals surface area contributed by atoms with Crippen LogP contribution in [-0.4, -0.2) is 9.59 Å². The molecular formula is C15H22N4S. The molecule has 108 valence electrons. The maximum absolute atomic E-state index is 5.77. The van der Waals surface area contributed by atoms with Crippen molar-refractivity contribution in [3.05, 3.63) is 45.5 Å². The van der Waals surface area contributed by atoms with Gasteiger partial charge in [-0.15, -0.1) is 5.10 Å². The number of nitrogens with one attached hydrogen (secondary N) is 1. The SMILES string of the molecule is CCCc1nnsc1C(Cc1cc(C)ccc1C)NN. The molecule has 5 heteroatoms. The topological polar surface area (TPSA) is 63.8 Å². The quantitative estimate of drug-likeness (QED) is 0.634. The van der Waals surface area contributed by atoms with Gasteiger partial charge in [-0.2, -0.15) is 0 Å². The summed E-state index contributed by atoms with van der Waals surface area (Å²) in [5.41, 5.74) is 7.90. The Bertz CT molecular complexity index is 565. The van der Waals surface area contributed by atoms with E-state index in [0.717, 1.165) is 29.8 Å². The van der Waals surface area contributed by atoms with Gasteiger partial charge >= 0.3 is 0 Å². The van der Waals surface area contributed by atoms with E-state index in [-0.39, 0.29) is 6.04 Å². The fourth-order valence-electron chi connectivity index (χ4n) is 2.36. The second kappa shape index (κ2) is 6.92. The summed E-state index contributed by atoms with van der Waals surface area (Å²) in [5.74, 6) is 5.77. The second-order valence-electron chi connectivity index (χ2n) is 5.19. The van der Waals surface area contributed by atoms with E-state index in [9.17, 15) is 0 Å². The summed E-state index contributed by atoms with van der Waals surface area (Å²) in [4.78, 5) is 1.16. The number of hydrogen-bond donors (Lipinski definition) is 2. The molecule has 0 saturated heterocycles. The van der Waals surface area contributed by atoms with E-state index in [1.165, 1.54) is 28.2 Å². The zero-order chi connectivity index (χ0) is 14.5. The standard InChI is InChI=1S/C15H22N4S/c1-4-5-13-15(20-19-18-13)14(17-16)9-12-8-10(2)6-7-11(12)3/h6-8,14,17H,4-5,9,16H2,1-3H3. The van der Waals surface area contributed by atoms with Crippen molar-refractivity contribution < 1.29 is 0 Å². The van der Waals surface area contributed by atoms with Crippen molar-refractivity contribution in [1.29, 1.82) is 0 Å². The van der Waals surface area contributed by atoms with Gasteiger partial charge in [0, 0.05) is 0 Å². The van der Waals surface area contributed by atoms with Gasteiger partial charge in [0.25, 0.3) is 0 Å². The first-order valence-corrected chi connectivity index (χ1v) is 7.76. The molecule has 0 amide bonds. The molecule has 4 nitrogen and oxygen atoms in total. The number of hydrazine groups is 1. The van der Waals surface area contributed by atoms with Gasteiger partial charge < -0.3 is 0 Å². The molecule has 1 aromatic heterocycles. The minimum absolute atomic E-state index is 0.0806. The molecule has 1 aromatic carbocycles. The summed E-state index contributed by atoms with van der Waals surface area (Å²) in [5, 5.41) is 4.23. The number of aryl methyl sites for hydroxylation is 3. The summed E-state index contributed by atoms with van der Waals surface area (Å²) in [7, 11) is 0. The number of rotatable bonds is 6. The zero-order valence-electron chi connectivity index (χ0n) is 12.3. The number of hydrogen-bond acceptors (Lipinski definition) is 5. The normalized spacial score (nSPS) is 12.6. The van der Waals surface area contributed by atoms with Crippen LogP contribution in [0, 0.1) is 13.8 Å². The Kier molecular flexibility index (Phi) is 5.23. The maximum atomic E-state index is 5.77. The molecule has 0 aliphatic rings. The predicted octanol–water partition coefficient (Wildman–Crippen LogP) is 2.85. The molecule has 2 aromatic rings. The number of benzene rings is 1. The van der Waals surface area contributed by atoms with Crippen LogP contribution in [0.3, 0.4) is 0 Å². The molecule has 1 heterocycles. The van der Waals surface area contributed by atoms with Crippen molar-refractivity contribution in [2.75, 3.05) is 0 Å². The Labute approximate surface area is 124 Å². The van der Waals surface area contributed by atoms with Crippen LogP contribution in [0.15, 0.2) is 18.2 Å². The fraction of sp³-hybridized carbons (Fsp3) is 0.467. The largest absolute Gasteiger partial charge is 0.271 e. The van der Waals surface area contributed by atoms with E-state index in [2.05, 4.69) is 54.0 Å². The Morgan fingerprint density at radius 1 is 1.35 bits per heavy atom. The average Bonchev–Trinajstić information content (AvgIpc) is 2.88. The number of nitrogens with zero attached hydrogens (tertiary/aromatic N) is 2. The molecule has 0 fully saturated rings. The Balaban J connectivity index is 2.24. The number of aromatic nitrogens is 2. The highest BCUT2D eigenvalue weighted by molar-refractivity contribution is 7.05. The highest BCUT2D eigenvalue weighted by Gasteiger charge is 2.19. The van der Waals surface area contributed by atoms with Gasteiger partial charge in [0.05, 0.1) is 16.6 Å². The third-order valence-electron chi connectivity index (χ3n) is 3.52. The lowest BCUT2D eigenvalue weighted by Crippen LogP contribution is -2.30. The highest BCUT2D eigenvalue weighted by Crippen LogP contribution is 2.26. The molecule has 2 rings (SSSR count). The van der Waals surface area contributed by atoms with Crippen molar-refractivity contribution in [2.45, 2.75) is 46.1 Å². The molecule has 0 saturated carbocycles. The first kappa shape index (κ1) is 15.1.